The van der Waals surface area contributed by atoms with Crippen molar-refractivity contribution >= 4 is 28.3 Å². The minimum atomic E-state index is 0. The molecule has 84 valence electrons. The molecule has 2 rings (SSSR count). The van der Waals surface area contributed by atoms with Gasteiger partial charge in [-0.15, -0.1) is 12.4 Å². The molecule has 0 aromatic heterocycles. The van der Waals surface area contributed by atoms with Crippen molar-refractivity contribution in [3.8, 4) is 5.75 Å². The van der Waals surface area contributed by atoms with Gasteiger partial charge in [0.25, 0.3) is 0 Å². The summed E-state index contributed by atoms with van der Waals surface area (Å²) in [6, 6.07) is 6.26. The molecule has 1 saturated carbocycles. The van der Waals surface area contributed by atoms with Gasteiger partial charge in [-0.2, -0.15) is 0 Å². The van der Waals surface area contributed by atoms with E-state index in [-0.39, 0.29) is 18.4 Å². The molecule has 0 aliphatic heterocycles. The van der Waals surface area contributed by atoms with E-state index in [1.54, 1.807) is 7.11 Å². The summed E-state index contributed by atoms with van der Waals surface area (Å²) in [4.78, 5) is 0. The minimum Gasteiger partial charge on any atom is -0.496 e. The maximum atomic E-state index is 6.10. The summed E-state index contributed by atoms with van der Waals surface area (Å²) in [5.41, 5.74) is 7.29. The van der Waals surface area contributed by atoms with Crippen molar-refractivity contribution in [2.45, 2.75) is 18.9 Å². The Hall–Kier alpha value is -0.250. The van der Waals surface area contributed by atoms with Crippen LogP contribution in [0.4, 0.5) is 0 Å². The topological polar surface area (TPSA) is 35.2 Å². The van der Waals surface area contributed by atoms with E-state index in [1.165, 1.54) is 18.4 Å². The highest BCUT2D eigenvalue weighted by Gasteiger charge is 2.29. The van der Waals surface area contributed by atoms with Gasteiger partial charge in [0.15, 0.2) is 0 Å². The van der Waals surface area contributed by atoms with E-state index < -0.39 is 0 Å². The Morgan fingerprint density at radius 2 is 2.13 bits per heavy atom. The number of benzene rings is 1. The van der Waals surface area contributed by atoms with E-state index >= 15 is 0 Å². The number of ether oxygens (including phenoxy) is 1. The first-order valence-corrected chi connectivity index (χ1v) is 5.60. The second kappa shape index (κ2) is 5.19. The SMILES string of the molecule is COc1ccc([C@H](N)C2CC2)cc1Br.Cl. The smallest absolute Gasteiger partial charge is 0.133 e. The molecule has 0 saturated heterocycles. The van der Waals surface area contributed by atoms with Crippen LogP contribution in [0.15, 0.2) is 22.7 Å². The van der Waals surface area contributed by atoms with Gasteiger partial charge in [0.1, 0.15) is 5.75 Å². The number of halogens is 2. The van der Waals surface area contributed by atoms with E-state index in [9.17, 15) is 0 Å². The molecular formula is C11H15BrClNO. The third-order valence-electron chi connectivity index (χ3n) is 2.69. The lowest BCUT2D eigenvalue weighted by atomic mass is 10.0. The quantitative estimate of drug-likeness (QED) is 0.928. The Bertz CT molecular complexity index is 341. The molecule has 0 spiro atoms. The molecule has 2 N–H and O–H groups in total. The molecule has 1 fully saturated rings. The molecule has 1 aliphatic rings. The Labute approximate surface area is 105 Å². The Morgan fingerprint density at radius 1 is 1.47 bits per heavy atom. The third kappa shape index (κ3) is 2.86. The molecule has 1 aromatic carbocycles. The largest absolute Gasteiger partial charge is 0.496 e. The van der Waals surface area contributed by atoms with Gasteiger partial charge in [-0.1, -0.05) is 6.07 Å². The zero-order valence-electron chi connectivity index (χ0n) is 8.57. The molecule has 0 amide bonds. The molecule has 15 heavy (non-hydrogen) atoms. The summed E-state index contributed by atoms with van der Waals surface area (Å²) in [5, 5.41) is 0. The van der Waals surface area contributed by atoms with Crippen LogP contribution < -0.4 is 10.5 Å². The summed E-state index contributed by atoms with van der Waals surface area (Å²) in [6.07, 6.45) is 2.54. The second-order valence-corrected chi connectivity index (χ2v) is 4.61. The van der Waals surface area contributed by atoms with Gasteiger partial charge in [0.05, 0.1) is 11.6 Å². The van der Waals surface area contributed by atoms with Crippen LogP contribution in [0.5, 0.6) is 5.75 Å². The average Bonchev–Trinajstić information content (AvgIpc) is 3.00. The van der Waals surface area contributed by atoms with Crippen LogP contribution in [0.25, 0.3) is 0 Å². The number of methoxy groups -OCH3 is 1. The Morgan fingerprint density at radius 3 is 2.60 bits per heavy atom. The van der Waals surface area contributed by atoms with Crippen LogP contribution in [-0.2, 0) is 0 Å². The lowest BCUT2D eigenvalue weighted by molar-refractivity contribution is 0.411. The standard InChI is InChI=1S/C11H14BrNO.ClH/c1-14-10-5-4-8(6-9(10)12)11(13)7-2-3-7;/h4-7,11H,2-3,13H2,1H3;1H/t11-;/m1./s1. The van der Waals surface area contributed by atoms with E-state index in [1.807, 2.05) is 12.1 Å². The first-order valence-electron chi connectivity index (χ1n) is 4.81. The molecule has 1 atom stereocenters. The summed E-state index contributed by atoms with van der Waals surface area (Å²) in [7, 11) is 1.67. The Balaban J connectivity index is 0.00000112. The normalized spacial score (nSPS) is 16.7. The van der Waals surface area contributed by atoms with Gasteiger partial charge in [0, 0.05) is 6.04 Å². The maximum absolute atomic E-state index is 6.10. The molecular weight excluding hydrogens is 277 g/mol. The summed E-state index contributed by atoms with van der Waals surface area (Å²) in [5.74, 6) is 1.55. The second-order valence-electron chi connectivity index (χ2n) is 3.76. The van der Waals surface area contributed by atoms with Crippen molar-refractivity contribution in [1.82, 2.24) is 0 Å². The lowest BCUT2D eigenvalue weighted by Gasteiger charge is -2.12. The highest BCUT2D eigenvalue weighted by Crippen LogP contribution is 2.40. The van der Waals surface area contributed by atoms with Crippen molar-refractivity contribution in [3.05, 3.63) is 28.2 Å². The first kappa shape index (κ1) is 12.8. The Kier molecular flexibility index (Phi) is 4.44. The van der Waals surface area contributed by atoms with Crippen LogP contribution in [0.2, 0.25) is 0 Å². The fraction of sp³-hybridized carbons (Fsp3) is 0.455. The predicted octanol–water partition coefficient (Wildman–Crippen LogP) is 3.29. The number of hydrogen-bond donors (Lipinski definition) is 1. The maximum Gasteiger partial charge on any atom is 0.133 e. The molecule has 0 bridgehead atoms. The van der Waals surface area contributed by atoms with Gasteiger partial charge in [-0.25, -0.2) is 0 Å². The molecule has 1 aliphatic carbocycles. The third-order valence-corrected chi connectivity index (χ3v) is 3.31. The molecule has 0 heterocycles. The lowest BCUT2D eigenvalue weighted by Crippen LogP contribution is -2.12. The van der Waals surface area contributed by atoms with Crippen LogP contribution in [0.1, 0.15) is 24.4 Å². The van der Waals surface area contributed by atoms with Gasteiger partial charge in [0.2, 0.25) is 0 Å². The first-order chi connectivity index (χ1) is 6.72. The van der Waals surface area contributed by atoms with Crippen molar-refractivity contribution in [3.63, 3.8) is 0 Å². The summed E-state index contributed by atoms with van der Waals surface area (Å²) >= 11 is 3.46. The van der Waals surface area contributed by atoms with E-state index in [0.717, 1.165) is 10.2 Å². The fourth-order valence-electron chi connectivity index (χ4n) is 1.62. The average molecular weight is 293 g/mol. The van der Waals surface area contributed by atoms with Crippen LogP contribution in [-0.4, -0.2) is 7.11 Å². The number of rotatable bonds is 3. The minimum absolute atomic E-state index is 0. The van der Waals surface area contributed by atoms with Crippen molar-refractivity contribution in [2.75, 3.05) is 7.11 Å². The zero-order valence-corrected chi connectivity index (χ0v) is 11.0. The van der Waals surface area contributed by atoms with E-state index in [2.05, 4.69) is 22.0 Å². The van der Waals surface area contributed by atoms with Crippen LogP contribution in [0.3, 0.4) is 0 Å². The van der Waals surface area contributed by atoms with E-state index in [4.69, 9.17) is 10.5 Å². The molecule has 0 unspecified atom stereocenters. The molecule has 4 heteroatoms. The molecule has 1 aromatic rings. The van der Waals surface area contributed by atoms with Gasteiger partial charge in [-0.3, -0.25) is 0 Å². The summed E-state index contributed by atoms with van der Waals surface area (Å²) in [6.45, 7) is 0. The number of hydrogen-bond acceptors (Lipinski definition) is 2. The van der Waals surface area contributed by atoms with E-state index in [0.29, 0.717) is 5.92 Å². The van der Waals surface area contributed by atoms with Gasteiger partial charge < -0.3 is 10.5 Å². The highest BCUT2D eigenvalue weighted by molar-refractivity contribution is 9.10. The fourth-order valence-corrected chi connectivity index (χ4v) is 2.18. The zero-order chi connectivity index (χ0) is 10.1. The monoisotopic (exact) mass is 291 g/mol. The molecule has 0 radical (unpaired) electrons. The highest BCUT2D eigenvalue weighted by atomic mass is 79.9. The van der Waals surface area contributed by atoms with Gasteiger partial charge in [-0.05, 0) is 52.4 Å². The predicted molar refractivity (Wildman–Crippen MR) is 67.6 cm³/mol. The van der Waals surface area contributed by atoms with Crippen molar-refractivity contribution in [1.29, 1.82) is 0 Å². The van der Waals surface area contributed by atoms with Crippen molar-refractivity contribution < 1.29 is 4.74 Å². The van der Waals surface area contributed by atoms with Crippen LogP contribution in [0, 0.1) is 5.92 Å². The van der Waals surface area contributed by atoms with Crippen molar-refractivity contribution in [2.24, 2.45) is 11.7 Å². The number of nitrogens with two attached hydrogens (primary N) is 1. The molecule has 2 nitrogen and oxygen atoms in total. The van der Waals surface area contributed by atoms with Gasteiger partial charge >= 0.3 is 0 Å². The van der Waals surface area contributed by atoms with Crippen LogP contribution >= 0.6 is 28.3 Å². The summed E-state index contributed by atoms with van der Waals surface area (Å²) < 4.78 is 6.15.